The minimum Gasteiger partial charge on any atom is -0.481 e. The molecule has 0 spiro atoms. The van der Waals surface area contributed by atoms with Crippen molar-refractivity contribution in [1.82, 2.24) is 5.32 Å². The molecule has 1 saturated carbocycles. The van der Waals surface area contributed by atoms with Gasteiger partial charge in [0.05, 0.1) is 6.42 Å². The molecule has 0 aromatic rings. The predicted octanol–water partition coefficient (Wildman–Crippen LogP) is 1.87. The van der Waals surface area contributed by atoms with Crippen LogP contribution in [0.2, 0.25) is 0 Å². The molecule has 1 saturated heterocycles. The quantitative estimate of drug-likeness (QED) is 0.724. The number of carbonyl (C=O) groups is 2. The smallest absolute Gasteiger partial charge is 0.481 e. The first-order chi connectivity index (χ1) is 9.17. The summed E-state index contributed by atoms with van der Waals surface area (Å²) in [6.07, 6.45) is 0.112. The van der Waals surface area contributed by atoms with Gasteiger partial charge in [-0.05, 0) is 30.7 Å². The zero-order chi connectivity index (χ0) is 15.4. The second-order valence-corrected chi connectivity index (χ2v) is 5.31. The minimum absolute atomic E-state index is 0.101. The summed E-state index contributed by atoms with van der Waals surface area (Å²) in [6, 6.07) is 0. The molecule has 2 rings (SSSR count). The lowest BCUT2D eigenvalue weighted by Gasteiger charge is -2.37. The molecule has 8 heteroatoms. The molecule has 0 aromatic carbocycles. The lowest BCUT2D eigenvalue weighted by Crippen LogP contribution is -2.35. The number of rotatable bonds is 2. The van der Waals surface area contributed by atoms with Gasteiger partial charge in [-0.25, -0.2) is 4.79 Å². The van der Waals surface area contributed by atoms with Crippen molar-refractivity contribution in [2.45, 2.75) is 38.3 Å². The van der Waals surface area contributed by atoms with Gasteiger partial charge in [-0.3, -0.25) is 4.79 Å². The fraction of sp³-hybridized carbons (Fsp3) is 0.833. The summed E-state index contributed by atoms with van der Waals surface area (Å²) >= 11 is 0. The van der Waals surface area contributed by atoms with Crippen LogP contribution in [0.4, 0.5) is 13.2 Å². The number of hydrogen-bond acceptors (Lipinski definition) is 3. The van der Waals surface area contributed by atoms with E-state index >= 15 is 0 Å². The first kappa shape index (κ1) is 16.7. The van der Waals surface area contributed by atoms with Gasteiger partial charge in [0.25, 0.3) is 0 Å². The summed E-state index contributed by atoms with van der Waals surface area (Å²) in [7, 11) is 0. The van der Waals surface area contributed by atoms with E-state index < -0.39 is 18.1 Å². The topological polar surface area (TPSA) is 86.6 Å². The Morgan fingerprint density at radius 2 is 1.85 bits per heavy atom. The normalized spacial score (nSPS) is 29.1. The van der Waals surface area contributed by atoms with Crippen molar-refractivity contribution < 1.29 is 33.0 Å². The highest BCUT2D eigenvalue weighted by molar-refractivity contribution is 5.73. The van der Waals surface area contributed by atoms with Crippen LogP contribution in [0.5, 0.6) is 0 Å². The first-order valence-electron chi connectivity index (χ1n) is 6.40. The molecule has 0 amide bonds. The van der Waals surface area contributed by atoms with Crippen molar-refractivity contribution >= 4 is 11.9 Å². The van der Waals surface area contributed by atoms with E-state index in [1.807, 2.05) is 0 Å². The molecule has 116 valence electrons. The van der Waals surface area contributed by atoms with Gasteiger partial charge in [0, 0.05) is 6.54 Å². The molecule has 0 aromatic heterocycles. The summed E-state index contributed by atoms with van der Waals surface area (Å²) in [5.74, 6) is -2.76. The molecule has 2 atom stereocenters. The second-order valence-electron chi connectivity index (χ2n) is 5.31. The van der Waals surface area contributed by atoms with Crippen LogP contribution in [0, 0.1) is 11.3 Å². The van der Waals surface area contributed by atoms with Crippen LogP contribution >= 0.6 is 0 Å². The lowest BCUT2D eigenvalue weighted by molar-refractivity contribution is -0.192. The monoisotopic (exact) mass is 297 g/mol. The van der Waals surface area contributed by atoms with Crippen LogP contribution in [-0.4, -0.2) is 41.4 Å². The van der Waals surface area contributed by atoms with Gasteiger partial charge in [-0.1, -0.05) is 12.8 Å². The van der Waals surface area contributed by atoms with Crippen LogP contribution in [0.3, 0.4) is 0 Å². The Bertz CT molecular complexity index is 372. The number of alkyl halides is 3. The predicted molar refractivity (Wildman–Crippen MR) is 63.2 cm³/mol. The van der Waals surface area contributed by atoms with Gasteiger partial charge in [0.15, 0.2) is 0 Å². The summed E-state index contributed by atoms with van der Waals surface area (Å²) in [6.45, 7) is 1.96. The average molecular weight is 297 g/mol. The summed E-state index contributed by atoms with van der Waals surface area (Å²) in [5.41, 5.74) is 0.101. The van der Waals surface area contributed by atoms with E-state index in [1.165, 1.54) is 19.3 Å². The Labute approximate surface area is 114 Å². The molecular formula is C12H18F3NO4. The van der Waals surface area contributed by atoms with Gasteiger partial charge in [-0.2, -0.15) is 13.2 Å². The van der Waals surface area contributed by atoms with Crippen molar-refractivity contribution in [2.24, 2.45) is 11.3 Å². The third kappa shape index (κ3) is 4.36. The third-order valence-corrected chi connectivity index (χ3v) is 3.96. The highest BCUT2D eigenvalue weighted by atomic mass is 19.4. The number of aliphatic carboxylic acids is 2. The molecule has 0 bridgehead atoms. The number of carboxylic acids is 2. The van der Waals surface area contributed by atoms with Crippen molar-refractivity contribution in [3.8, 4) is 0 Å². The van der Waals surface area contributed by atoms with E-state index in [0.29, 0.717) is 12.3 Å². The maximum atomic E-state index is 10.8. The van der Waals surface area contributed by atoms with Gasteiger partial charge < -0.3 is 15.5 Å². The molecule has 3 N–H and O–H groups in total. The molecule has 2 aliphatic rings. The van der Waals surface area contributed by atoms with Crippen LogP contribution in [0.25, 0.3) is 0 Å². The highest BCUT2D eigenvalue weighted by Gasteiger charge is 2.45. The highest BCUT2D eigenvalue weighted by Crippen LogP contribution is 2.46. The Morgan fingerprint density at radius 1 is 1.25 bits per heavy atom. The van der Waals surface area contributed by atoms with Crippen LogP contribution in [0.15, 0.2) is 0 Å². The molecule has 1 aliphatic heterocycles. The summed E-state index contributed by atoms with van der Waals surface area (Å²) in [4.78, 5) is 19.7. The van der Waals surface area contributed by atoms with Crippen LogP contribution in [0.1, 0.15) is 32.1 Å². The van der Waals surface area contributed by atoms with E-state index in [4.69, 9.17) is 15.0 Å². The van der Waals surface area contributed by atoms with E-state index in [2.05, 4.69) is 5.32 Å². The van der Waals surface area contributed by atoms with Gasteiger partial charge in [0.1, 0.15) is 0 Å². The molecule has 20 heavy (non-hydrogen) atoms. The molecule has 2 fully saturated rings. The molecule has 1 aliphatic carbocycles. The zero-order valence-corrected chi connectivity index (χ0v) is 10.9. The number of halogens is 3. The van der Waals surface area contributed by atoms with Crippen molar-refractivity contribution in [3.05, 3.63) is 0 Å². The SMILES string of the molecule is O=C(O)C(F)(F)F.O=C(O)C[C@@]12CCCC[C@H]1CNC2. The molecule has 5 nitrogen and oxygen atoms in total. The second kappa shape index (κ2) is 6.43. The van der Waals surface area contributed by atoms with Crippen molar-refractivity contribution in [2.75, 3.05) is 13.1 Å². The maximum Gasteiger partial charge on any atom is 0.490 e. The fourth-order valence-corrected chi connectivity index (χ4v) is 3.02. The van der Waals surface area contributed by atoms with E-state index in [-0.39, 0.29) is 5.41 Å². The van der Waals surface area contributed by atoms with Crippen molar-refractivity contribution in [1.29, 1.82) is 0 Å². The maximum absolute atomic E-state index is 10.8. The van der Waals surface area contributed by atoms with Crippen molar-refractivity contribution in [3.63, 3.8) is 0 Å². The van der Waals surface area contributed by atoms with E-state index in [1.54, 1.807) is 0 Å². The molecular weight excluding hydrogens is 279 g/mol. The first-order valence-corrected chi connectivity index (χ1v) is 6.40. The Balaban J connectivity index is 0.000000246. The summed E-state index contributed by atoms with van der Waals surface area (Å²) < 4.78 is 31.7. The Hall–Kier alpha value is -1.31. The van der Waals surface area contributed by atoms with Crippen LogP contribution < -0.4 is 5.32 Å². The molecule has 1 heterocycles. The Morgan fingerprint density at radius 3 is 2.35 bits per heavy atom. The zero-order valence-electron chi connectivity index (χ0n) is 10.9. The minimum atomic E-state index is -5.08. The van der Waals surface area contributed by atoms with Gasteiger partial charge in [-0.15, -0.1) is 0 Å². The summed E-state index contributed by atoms with van der Waals surface area (Å²) in [5, 5.41) is 19.4. The van der Waals surface area contributed by atoms with Gasteiger partial charge in [0.2, 0.25) is 0 Å². The molecule has 0 radical (unpaired) electrons. The fourth-order valence-electron chi connectivity index (χ4n) is 3.02. The number of fused-ring (bicyclic) bond motifs is 1. The average Bonchev–Trinajstić information content (AvgIpc) is 2.70. The molecule has 0 unspecified atom stereocenters. The van der Waals surface area contributed by atoms with E-state index in [0.717, 1.165) is 19.5 Å². The standard InChI is InChI=1S/C10H17NO2.C2HF3O2/c12-9(13)5-10-4-2-1-3-8(10)6-11-7-10;3-2(4,5)1(6)7/h8,11H,1-7H2,(H,12,13);(H,6,7)/t8-,10+;/m0./s1. The van der Waals surface area contributed by atoms with Gasteiger partial charge >= 0.3 is 18.1 Å². The number of carboxylic acid groups (broad SMARTS) is 2. The lowest BCUT2D eigenvalue weighted by atomic mass is 9.66. The number of nitrogens with one attached hydrogen (secondary N) is 1. The van der Waals surface area contributed by atoms with Crippen LogP contribution in [-0.2, 0) is 9.59 Å². The third-order valence-electron chi connectivity index (χ3n) is 3.96. The number of hydrogen-bond donors (Lipinski definition) is 3. The Kier molecular flexibility index (Phi) is 5.38. The largest absolute Gasteiger partial charge is 0.490 e. The van der Waals surface area contributed by atoms with E-state index in [9.17, 15) is 18.0 Å².